The summed E-state index contributed by atoms with van der Waals surface area (Å²) in [5, 5.41) is 12.5. The third-order valence-electron chi connectivity index (χ3n) is 3.35. The molecule has 0 aliphatic heterocycles. The Morgan fingerprint density at radius 2 is 2.12 bits per heavy atom. The maximum absolute atomic E-state index is 13.1. The zero-order valence-electron chi connectivity index (χ0n) is 14.5. The number of carbonyl (C=O) groups excluding carboxylic acids is 1. The number of hydrogen-bond acceptors (Lipinski definition) is 4. The minimum Gasteiger partial charge on any atom is -0.359 e. The lowest BCUT2D eigenvalue weighted by atomic mass is 10.1. The molecular formula is C17H22FN5O2. The van der Waals surface area contributed by atoms with Crippen LogP contribution in [0, 0.1) is 5.82 Å². The fraction of sp³-hybridized carbons (Fsp3) is 0.353. The van der Waals surface area contributed by atoms with Crippen LogP contribution in [-0.2, 0) is 11.3 Å². The molecule has 0 unspecified atom stereocenters. The van der Waals surface area contributed by atoms with Crippen LogP contribution in [0.3, 0.4) is 0 Å². The molecule has 3 N–H and O–H groups in total. The number of aromatic nitrogens is 1. The van der Waals surface area contributed by atoms with Crippen molar-refractivity contribution < 1.29 is 13.7 Å². The lowest BCUT2D eigenvalue weighted by Gasteiger charge is -2.11. The molecule has 8 heteroatoms. The average molecular weight is 347 g/mol. The Morgan fingerprint density at radius 1 is 1.32 bits per heavy atom. The van der Waals surface area contributed by atoms with E-state index in [4.69, 9.17) is 4.52 Å². The van der Waals surface area contributed by atoms with Crippen LogP contribution < -0.4 is 16.0 Å². The highest BCUT2D eigenvalue weighted by atomic mass is 19.1. The molecule has 0 spiro atoms. The molecule has 0 aliphatic rings. The van der Waals surface area contributed by atoms with Crippen LogP contribution in [0.15, 0.2) is 39.8 Å². The first kappa shape index (κ1) is 18.4. The fourth-order valence-electron chi connectivity index (χ4n) is 2.01. The topological polar surface area (TPSA) is 91.5 Å². The van der Waals surface area contributed by atoms with Crippen LogP contribution in [0.1, 0.15) is 31.2 Å². The number of amides is 1. The van der Waals surface area contributed by atoms with Crippen molar-refractivity contribution in [3.05, 3.63) is 47.6 Å². The Hall–Kier alpha value is -2.90. The highest BCUT2D eigenvalue weighted by Crippen LogP contribution is 2.13. The van der Waals surface area contributed by atoms with E-state index in [0.29, 0.717) is 29.9 Å². The number of aliphatic imine (C=N–C) groups is 1. The number of guanidine groups is 1. The van der Waals surface area contributed by atoms with Crippen LogP contribution >= 0.6 is 0 Å². The van der Waals surface area contributed by atoms with Gasteiger partial charge in [-0.3, -0.25) is 9.79 Å². The molecule has 2 rings (SSSR count). The predicted molar refractivity (Wildman–Crippen MR) is 93.8 cm³/mol. The largest absolute Gasteiger partial charge is 0.359 e. The van der Waals surface area contributed by atoms with Crippen molar-refractivity contribution in [1.29, 1.82) is 0 Å². The van der Waals surface area contributed by atoms with Crippen molar-refractivity contribution in [2.24, 2.45) is 4.99 Å². The van der Waals surface area contributed by atoms with Crippen molar-refractivity contribution in [2.45, 2.75) is 26.3 Å². The number of nitrogens with one attached hydrogen (secondary N) is 3. The minimum atomic E-state index is -0.406. The van der Waals surface area contributed by atoms with E-state index in [2.05, 4.69) is 26.1 Å². The van der Waals surface area contributed by atoms with Gasteiger partial charge in [0.1, 0.15) is 5.82 Å². The van der Waals surface area contributed by atoms with Gasteiger partial charge in [0.2, 0.25) is 5.91 Å². The summed E-state index contributed by atoms with van der Waals surface area (Å²) in [4.78, 5) is 15.9. The highest BCUT2D eigenvalue weighted by molar-refractivity contribution is 5.94. The molecule has 0 radical (unpaired) electrons. The standard InChI is InChI=1S/C17H22FN5O2/c1-11(2)15-8-14(25-23-15)9-20-17(19-3)21-10-16(24)22-13-6-4-5-12(18)7-13/h4-8,11H,9-10H2,1-3H3,(H,22,24)(H2,19,20,21). The van der Waals surface area contributed by atoms with Crippen LogP contribution in [0.5, 0.6) is 0 Å². The number of anilines is 1. The molecule has 1 amide bonds. The monoisotopic (exact) mass is 347 g/mol. The van der Waals surface area contributed by atoms with Gasteiger partial charge < -0.3 is 20.5 Å². The van der Waals surface area contributed by atoms with E-state index in [-0.39, 0.29) is 12.5 Å². The van der Waals surface area contributed by atoms with E-state index in [9.17, 15) is 9.18 Å². The van der Waals surface area contributed by atoms with Crippen molar-refractivity contribution in [1.82, 2.24) is 15.8 Å². The molecule has 2 aromatic rings. The summed E-state index contributed by atoms with van der Waals surface area (Å²) in [7, 11) is 1.60. The van der Waals surface area contributed by atoms with Crippen LogP contribution in [0.2, 0.25) is 0 Å². The van der Waals surface area contributed by atoms with E-state index in [1.807, 2.05) is 19.9 Å². The number of hydrogen-bond donors (Lipinski definition) is 3. The first-order valence-corrected chi connectivity index (χ1v) is 7.93. The van der Waals surface area contributed by atoms with Gasteiger partial charge in [-0.1, -0.05) is 25.1 Å². The Balaban J connectivity index is 1.78. The molecule has 134 valence electrons. The Bertz CT molecular complexity index is 742. The maximum Gasteiger partial charge on any atom is 0.243 e. The molecule has 0 saturated carbocycles. The van der Waals surface area contributed by atoms with Gasteiger partial charge in [-0.2, -0.15) is 0 Å². The Morgan fingerprint density at radius 3 is 2.76 bits per heavy atom. The Labute approximate surface area is 145 Å². The SMILES string of the molecule is CN=C(NCC(=O)Nc1cccc(F)c1)NCc1cc(C(C)C)no1. The molecular weight excluding hydrogens is 325 g/mol. The van der Waals surface area contributed by atoms with Gasteiger partial charge in [-0.05, 0) is 24.1 Å². The zero-order valence-corrected chi connectivity index (χ0v) is 14.5. The second-order valence-electron chi connectivity index (χ2n) is 5.71. The number of rotatable bonds is 6. The highest BCUT2D eigenvalue weighted by Gasteiger charge is 2.09. The van der Waals surface area contributed by atoms with Crippen LogP contribution in [-0.4, -0.2) is 30.6 Å². The minimum absolute atomic E-state index is 0.0101. The van der Waals surface area contributed by atoms with Crippen molar-refractivity contribution in [3.63, 3.8) is 0 Å². The summed E-state index contributed by atoms with van der Waals surface area (Å²) in [5.74, 6) is 0.695. The van der Waals surface area contributed by atoms with E-state index in [1.165, 1.54) is 18.2 Å². The molecule has 0 aliphatic carbocycles. The number of nitrogens with zero attached hydrogens (tertiary/aromatic N) is 2. The zero-order chi connectivity index (χ0) is 18.2. The van der Waals surface area contributed by atoms with Crippen LogP contribution in [0.25, 0.3) is 0 Å². The molecule has 0 atom stereocenters. The van der Waals surface area contributed by atoms with E-state index >= 15 is 0 Å². The second kappa shape index (κ2) is 8.81. The van der Waals surface area contributed by atoms with Crippen molar-refractivity contribution in [2.75, 3.05) is 18.9 Å². The van der Waals surface area contributed by atoms with Gasteiger partial charge >= 0.3 is 0 Å². The number of benzene rings is 1. The van der Waals surface area contributed by atoms with Crippen molar-refractivity contribution >= 4 is 17.6 Å². The molecule has 0 fully saturated rings. The van der Waals surface area contributed by atoms with Gasteiger partial charge in [0.25, 0.3) is 0 Å². The lowest BCUT2D eigenvalue weighted by molar-refractivity contribution is -0.115. The third-order valence-corrected chi connectivity index (χ3v) is 3.35. The predicted octanol–water partition coefficient (Wildman–Crippen LogP) is 2.24. The van der Waals surface area contributed by atoms with Crippen LogP contribution in [0.4, 0.5) is 10.1 Å². The quantitative estimate of drug-likeness (QED) is 0.551. The third kappa shape index (κ3) is 5.91. The average Bonchev–Trinajstić information content (AvgIpc) is 3.04. The normalized spacial score (nSPS) is 11.5. The maximum atomic E-state index is 13.1. The summed E-state index contributed by atoms with van der Waals surface area (Å²) < 4.78 is 18.3. The summed E-state index contributed by atoms with van der Waals surface area (Å²) in [6.45, 7) is 4.45. The molecule has 1 aromatic carbocycles. The molecule has 25 heavy (non-hydrogen) atoms. The molecule has 0 saturated heterocycles. The van der Waals surface area contributed by atoms with Gasteiger partial charge in [-0.15, -0.1) is 0 Å². The molecule has 7 nitrogen and oxygen atoms in total. The van der Waals surface area contributed by atoms with Gasteiger partial charge in [0.05, 0.1) is 18.8 Å². The first-order chi connectivity index (χ1) is 12.0. The first-order valence-electron chi connectivity index (χ1n) is 7.93. The molecule has 1 aromatic heterocycles. The summed E-state index contributed by atoms with van der Waals surface area (Å²) in [6.07, 6.45) is 0. The van der Waals surface area contributed by atoms with Gasteiger partial charge in [0.15, 0.2) is 11.7 Å². The smallest absolute Gasteiger partial charge is 0.243 e. The number of carbonyl (C=O) groups is 1. The summed E-state index contributed by atoms with van der Waals surface area (Å²) >= 11 is 0. The summed E-state index contributed by atoms with van der Waals surface area (Å²) in [5.41, 5.74) is 1.28. The Kier molecular flexibility index (Phi) is 6.50. The van der Waals surface area contributed by atoms with Gasteiger partial charge in [-0.25, -0.2) is 4.39 Å². The van der Waals surface area contributed by atoms with Crippen molar-refractivity contribution in [3.8, 4) is 0 Å². The number of halogens is 1. The molecule has 1 heterocycles. The van der Waals surface area contributed by atoms with E-state index < -0.39 is 5.82 Å². The second-order valence-corrected chi connectivity index (χ2v) is 5.71. The molecule has 0 bridgehead atoms. The van der Waals surface area contributed by atoms with E-state index in [1.54, 1.807) is 13.1 Å². The van der Waals surface area contributed by atoms with Gasteiger partial charge in [0, 0.05) is 18.8 Å². The fourth-order valence-corrected chi connectivity index (χ4v) is 2.01. The summed E-state index contributed by atoms with van der Waals surface area (Å²) in [6, 6.07) is 7.59. The van der Waals surface area contributed by atoms with E-state index in [0.717, 1.165) is 5.69 Å². The lowest BCUT2D eigenvalue weighted by Crippen LogP contribution is -2.41.